The third-order valence-electron chi connectivity index (χ3n) is 3.18. The van der Waals surface area contributed by atoms with E-state index < -0.39 is 17.0 Å². The summed E-state index contributed by atoms with van der Waals surface area (Å²) in [6, 6.07) is 0. The molecular formula is C10H16O3. The van der Waals surface area contributed by atoms with Crippen molar-refractivity contribution in [2.45, 2.75) is 39.2 Å². The number of hydrogen-bond donors (Lipinski definition) is 2. The molecule has 0 saturated carbocycles. The fourth-order valence-corrected chi connectivity index (χ4v) is 1.85. The van der Waals surface area contributed by atoms with E-state index in [1.807, 2.05) is 6.08 Å². The van der Waals surface area contributed by atoms with Crippen molar-refractivity contribution in [2.75, 3.05) is 0 Å². The van der Waals surface area contributed by atoms with Crippen molar-refractivity contribution in [1.29, 1.82) is 0 Å². The van der Waals surface area contributed by atoms with Crippen molar-refractivity contribution >= 4 is 5.97 Å². The molecule has 1 aliphatic carbocycles. The normalized spacial score (nSPS) is 28.8. The van der Waals surface area contributed by atoms with Crippen molar-refractivity contribution in [3.63, 3.8) is 0 Å². The summed E-state index contributed by atoms with van der Waals surface area (Å²) in [6.07, 6.45) is 3.18. The van der Waals surface area contributed by atoms with Crippen LogP contribution in [0.3, 0.4) is 0 Å². The Labute approximate surface area is 78.1 Å². The Hall–Kier alpha value is -0.830. The van der Waals surface area contributed by atoms with Crippen molar-refractivity contribution in [3.8, 4) is 0 Å². The van der Waals surface area contributed by atoms with Crippen molar-refractivity contribution in [1.82, 2.24) is 0 Å². The summed E-state index contributed by atoms with van der Waals surface area (Å²) in [5, 5.41) is 19.2. The van der Waals surface area contributed by atoms with E-state index in [1.54, 1.807) is 20.8 Å². The zero-order valence-electron chi connectivity index (χ0n) is 8.29. The Morgan fingerprint density at radius 1 is 1.62 bits per heavy atom. The van der Waals surface area contributed by atoms with Gasteiger partial charge in [0, 0.05) is 0 Å². The molecule has 0 aromatic heterocycles. The number of allylic oxidation sites excluding steroid dienone is 1. The van der Waals surface area contributed by atoms with Gasteiger partial charge < -0.3 is 10.2 Å². The van der Waals surface area contributed by atoms with E-state index in [4.69, 9.17) is 5.11 Å². The van der Waals surface area contributed by atoms with E-state index in [9.17, 15) is 9.90 Å². The van der Waals surface area contributed by atoms with E-state index in [0.29, 0.717) is 6.42 Å². The standard InChI is InChI=1S/C10H16O3/c1-7-5-4-6-10(7,13)9(2,3)8(11)12/h5,13H,4,6H2,1-3H3,(H,11,12). The lowest BCUT2D eigenvalue weighted by Crippen LogP contribution is -2.49. The van der Waals surface area contributed by atoms with Crippen LogP contribution in [0.2, 0.25) is 0 Å². The maximum absolute atomic E-state index is 11.0. The minimum absolute atomic E-state index is 0.512. The van der Waals surface area contributed by atoms with Crippen LogP contribution >= 0.6 is 0 Å². The molecule has 1 rings (SSSR count). The molecular weight excluding hydrogens is 168 g/mol. The highest BCUT2D eigenvalue weighted by atomic mass is 16.4. The molecule has 0 aromatic rings. The molecule has 0 spiro atoms. The molecule has 0 saturated heterocycles. The molecule has 3 nitrogen and oxygen atoms in total. The molecule has 0 amide bonds. The molecule has 0 heterocycles. The maximum atomic E-state index is 11.0. The molecule has 0 fully saturated rings. The van der Waals surface area contributed by atoms with E-state index in [-0.39, 0.29) is 0 Å². The van der Waals surface area contributed by atoms with Gasteiger partial charge in [-0.15, -0.1) is 0 Å². The predicted octanol–water partition coefficient (Wildman–Crippen LogP) is 1.57. The van der Waals surface area contributed by atoms with Gasteiger partial charge in [-0.2, -0.15) is 0 Å². The lowest BCUT2D eigenvalue weighted by atomic mass is 9.71. The van der Waals surface area contributed by atoms with Crippen LogP contribution in [-0.2, 0) is 4.79 Å². The fraction of sp³-hybridized carbons (Fsp3) is 0.700. The van der Waals surface area contributed by atoms with E-state index >= 15 is 0 Å². The zero-order valence-corrected chi connectivity index (χ0v) is 8.29. The summed E-state index contributed by atoms with van der Waals surface area (Å²) in [4.78, 5) is 11.0. The number of carbonyl (C=O) groups is 1. The zero-order chi connectivity index (χ0) is 10.3. The first kappa shape index (κ1) is 10.3. The van der Waals surface area contributed by atoms with Crippen molar-refractivity contribution < 1.29 is 15.0 Å². The SMILES string of the molecule is CC1=CCCC1(O)C(C)(C)C(=O)O. The Balaban J connectivity index is 3.06. The van der Waals surface area contributed by atoms with Crippen molar-refractivity contribution in [2.24, 2.45) is 5.41 Å². The molecule has 74 valence electrons. The lowest BCUT2D eigenvalue weighted by Gasteiger charge is -2.37. The van der Waals surface area contributed by atoms with Gasteiger partial charge in [0.1, 0.15) is 5.60 Å². The minimum atomic E-state index is -1.17. The molecule has 0 radical (unpaired) electrons. The Morgan fingerprint density at radius 3 is 2.46 bits per heavy atom. The quantitative estimate of drug-likeness (QED) is 0.640. The van der Waals surface area contributed by atoms with Crippen LogP contribution in [0.15, 0.2) is 11.6 Å². The van der Waals surface area contributed by atoms with Gasteiger partial charge in [0.25, 0.3) is 0 Å². The smallest absolute Gasteiger partial charge is 0.312 e. The van der Waals surface area contributed by atoms with Gasteiger partial charge in [-0.25, -0.2) is 0 Å². The maximum Gasteiger partial charge on any atom is 0.312 e. The summed E-state index contributed by atoms with van der Waals surface area (Å²) in [6.45, 7) is 4.92. The number of rotatable bonds is 2. The van der Waals surface area contributed by atoms with Gasteiger partial charge in [-0.3, -0.25) is 4.79 Å². The monoisotopic (exact) mass is 184 g/mol. The third kappa shape index (κ3) is 1.27. The largest absolute Gasteiger partial charge is 0.481 e. The highest BCUT2D eigenvalue weighted by Crippen LogP contribution is 2.44. The average Bonchev–Trinajstić information content (AvgIpc) is 2.33. The number of aliphatic hydroxyl groups is 1. The number of hydrogen-bond acceptors (Lipinski definition) is 2. The van der Waals surface area contributed by atoms with Crippen LogP contribution in [0.5, 0.6) is 0 Å². The van der Waals surface area contributed by atoms with Gasteiger partial charge in [0.15, 0.2) is 0 Å². The molecule has 0 bridgehead atoms. The first-order chi connectivity index (χ1) is 5.82. The fourth-order valence-electron chi connectivity index (χ4n) is 1.85. The second kappa shape index (κ2) is 2.84. The van der Waals surface area contributed by atoms with Gasteiger partial charge in [-0.1, -0.05) is 6.08 Å². The highest BCUT2D eigenvalue weighted by Gasteiger charge is 2.51. The Morgan fingerprint density at radius 2 is 2.15 bits per heavy atom. The number of carboxylic acid groups (broad SMARTS) is 1. The lowest BCUT2D eigenvalue weighted by molar-refractivity contribution is -0.160. The second-order valence-electron chi connectivity index (χ2n) is 4.22. The molecule has 1 aliphatic rings. The van der Waals surface area contributed by atoms with E-state index in [2.05, 4.69) is 0 Å². The third-order valence-corrected chi connectivity index (χ3v) is 3.18. The van der Waals surface area contributed by atoms with Crippen molar-refractivity contribution in [3.05, 3.63) is 11.6 Å². The van der Waals surface area contributed by atoms with E-state index in [0.717, 1.165) is 12.0 Å². The Kier molecular flexibility index (Phi) is 2.24. The highest BCUT2D eigenvalue weighted by molar-refractivity contribution is 5.76. The van der Waals surface area contributed by atoms with Gasteiger partial charge in [-0.05, 0) is 39.2 Å². The van der Waals surface area contributed by atoms with Gasteiger partial charge >= 0.3 is 5.97 Å². The van der Waals surface area contributed by atoms with Crippen LogP contribution in [0.1, 0.15) is 33.6 Å². The van der Waals surface area contributed by atoms with Crippen LogP contribution in [0, 0.1) is 5.41 Å². The molecule has 0 aliphatic heterocycles. The summed E-state index contributed by atoms with van der Waals surface area (Å²) in [5.74, 6) is -0.954. The van der Waals surface area contributed by atoms with Crippen LogP contribution in [-0.4, -0.2) is 21.8 Å². The van der Waals surface area contributed by atoms with E-state index in [1.165, 1.54) is 0 Å². The minimum Gasteiger partial charge on any atom is -0.481 e. The van der Waals surface area contributed by atoms with Gasteiger partial charge in [0.05, 0.1) is 5.41 Å². The Bertz CT molecular complexity index is 265. The number of carboxylic acids is 1. The summed E-state index contributed by atoms with van der Waals surface area (Å²) < 4.78 is 0. The van der Waals surface area contributed by atoms with Crippen LogP contribution < -0.4 is 0 Å². The first-order valence-electron chi connectivity index (χ1n) is 4.45. The molecule has 13 heavy (non-hydrogen) atoms. The number of aliphatic carboxylic acids is 1. The molecule has 1 unspecified atom stereocenters. The molecule has 1 atom stereocenters. The molecule has 2 N–H and O–H groups in total. The van der Waals surface area contributed by atoms with Crippen LogP contribution in [0.25, 0.3) is 0 Å². The van der Waals surface area contributed by atoms with Crippen LogP contribution in [0.4, 0.5) is 0 Å². The average molecular weight is 184 g/mol. The molecule has 3 heteroatoms. The second-order valence-corrected chi connectivity index (χ2v) is 4.22. The topological polar surface area (TPSA) is 57.5 Å². The summed E-state index contributed by atoms with van der Waals surface area (Å²) in [5.41, 5.74) is -1.50. The molecule has 0 aromatic carbocycles. The first-order valence-corrected chi connectivity index (χ1v) is 4.45. The summed E-state index contributed by atoms with van der Waals surface area (Å²) in [7, 11) is 0. The summed E-state index contributed by atoms with van der Waals surface area (Å²) >= 11 is 0. The van der Waals surface area contributed by atoms with Gasteiger partial charge in [0.2, 0.25) is 0 Å². The predicted molar refractivity (Wildman–Crippen MR) is 49.4 cm³/mol.